The van der Waals surface area contributed by atoms with E-state index in [9.17, 15) is 14.7 Å². The largest absolute Gasteiger partial charge is 0.508 e. The van der Waals surface area contributed by atoms with Crippen molar-refractivity contribution in [3.05, 3.63) is 52.9 Å². The number of phenols is 1. The van der Waals surface area contributed by atoms with Gasteiger partial charge in [0.25, 0.3) is 5.91 Å². The number of phenolic OH excluding ortho intramolecular Hbond substituents is 1. The molecule has 2 aromatic carbocycles. The van der Waals surface area contributed by atoms with E-state index in [0.717, 1.165) is 0 Å². The van der Waals surface area contributed by atoms with E-state index in [0.29, 0.717) is 38.6 Å². The number of aromatic hydroxyl groups is 1. The first kappa shape index (κ1) is 21.7. The lowest BCUT2D eigenvalue weighted by atomic mass is 10.1. The number of anilines is 1. The van der Waals surface area contributed by atoms with Gasteiger partial charge in [0.05, 0.1) is 30.2 Å². The molecule has 0 spiro atoms. The normalized spacial score (nSPS) is 15.0. The Morgan fingerprint density at radius 1 is 1.20 bits per heavy atom. The smallest absolute Gasteiger partial charge is 0.306 e. The standard InChI is InChI=1S/C21H19NO6S2/c1-2-27-17-10-13(6-7-16(17)28-9-8-19(24)25)11-18-20(26)22(21(29)30-18)14-4-3-5-15(23)12-14/h3-7,10-12,23H,2,8-9H2,1H3,(H,24,25)/b18-11+. The van der Waals surface area contributed by atoms with Gasteiger partial charge < -0.3 is 19.7 Å². The van der Waals surface area contributed by atoms with Crippen molar-refractivity contribution in [1.29, 1.82) is 0 Å². The number of carboxylic acids is 1. The number of aliphatic carboxylic acids is 1. The molecule has 0 unspecified atom stereocenters. The van der Waals surface area contributed by atoms with Crippen molar-refractivity contribution >= 4 is 51.9 Å². The summed E-state index contributed by atoms with van der Waals surface area (Å²) in [4.78, 5) is 25.4. The maximum absolute atomic E-state index is 12.9. The molecule has 0 aliphatic carbocycles. The van der Waals surface area contributed by atoms with Crippen LogP contribution in [0.3, 0.4) is 0 Å². The SMILES string of the molecule is CCOc1cc(/C=C2/SC(=S)N(c3cccc(O)c3)C2=O)ccc1OCCC(=O)O. The van der Waals surface area contributed by atoms with Gasteiger partial charge >= 0.3 is 5.97 Å². The second kappa shape index (κ2) is 9.64. The number of amides is 1. The second-order valence-corrected chi connectivity index (χ2v) is 7.84. The molecule has 0 atom stereocenters. The summed E-state index contributed by atoms with van der Waals surface area (Å²) < 4.78 is 11.5. The topological polar surface area (TPSA) is 96.3 Å². The van der Waals surface area contributed by atoms with Crippen LogP contribution in [0.25, 0.3) is 6.08 Å². The molecule has 0 radical (unpaired) electrons. The van der Waals surface area contributed by atoms with E-state index in [1.54, 1.807) is 36.4 Å². The molecule has 3 rings (SSSR count). The predicted molar refractivity (Wildman–Crippen MR) is 119 cm³/mol. The summed E-state index contributed by atoms with van der Waals surface area (Å²) in [6, 6.07) is 11.5. The molecule has 7 nitrogen and oxygen atoms in total. The Labute approximate surface area is 182 Å². The van der Waals surface area contributed by atoms with Crippen LogP contribution in [-0.2, 0) is 9.59 Å². The molecule has 1 saturated heterocycles. The van der Waals surface area contributed by atoms with Crippen molar-refractivity contribution in [3.63, 3.8) is 0 Å². The second-order valence-electron chi connectivity index (χ2n) is 6.17. The fraction of sp³-hybridized carbons (Fsp3) is 0.190. The van der Waals surface area contributed by atoms with Crippen LogP contribution < -0.4 is 14.4 Å². The molecule has 0 bridgehead atoms. The van der Waals surface area contributed by atoms with Gasteiger partial charge in [0.1, 0.15) is 5.75 Å². The lowest BCUT2D eigenvalue weighted by Crippen LogP contribution is -2.27. The summed E-state index contributed by atoms with van der Waals surface area (Å²) in [6.07, 6.45) is 1.58. The zero-order valence-corrected chi connectivity index (χ0v) is 17.7. The summed E-state index contributed by atoms with van der Waals surface area (Å²) in [6.45, 7) is 2.25. The molecule has 156 valence electrons. The van der Waals surface area contributed by atoms with Crippen molar-refractivity contribution in [2.24, 2.45) is 0 Å². The third kappa shape index (κ3) is 5.11. The zero-order valence-electron chi connectivity index (χ0n) is 16.0. The number of thioether (sulfide) groups is 1. The van der Waals surface area contributed by atoms with Crippen LogP contribution in [0, 0.1) is 0 Å². The number of rotatable bonds is 8. The Bertz CT molecular complexity index is 1020. The van der Waals surface area contributed by atoms with E-state index in [4.69, 9.17) is 26.8 Å². The summed E-state index contributed by atoms with van der Waals surface area (Å²) in [5, 5.41) is 18.4. The highest BCUT2D eigenvalue weighted by molar-refractivity contribution is 8.27. The van der Waals surface area contributed by atoms with Gasteiger partial charge in [0.2, 0.25) is 0 Å². The maximum atomic E-state index is 12.9. The average molecular weight is 446 g/mol. The number of carbonyl (C=O) groups is 2. The first-order valence-corrected chi connectivity index (χ1v) is 10.3. The third-order valence-corrected chi connectivity index (χ3v) is 5.32. The fourth-order valence-corrected chi connectivity index (χ4v) is 4.02. The van der Waals surface area contributed by atoms with Gasteiger partial charge in [-0.1, -0.05) is 36.1 Å². The lowest BCUT2D eigenvalue weighted by Gasteiger charge is -2.14. The van der Waals surface area contributed by atoms with Crippen LogP contribution in [0.2, 0.25) is 0 Å². The van der Waals surface area contributed by atoms with E-state index < -0.39 is 5.97 Å². The summed E-state index contributed by atoms with van der Waals surface area (Å²) in [5.41, 5.74) is 1.21. The number of carbonyl (C=O) groups excluding carboxylic acids is 1. The Hall–Kier alpha value is -3.04. The Morgan fingerprint density at radius 2 is 2.00 bits per heavy atom. The first-order chi connectivity index (χ1) is 14.4. The number of hydrogen-bond donors (Lipinski definition) is 2. The van der Waals surface area contributed by atoms with Crippen LogP contribution in [0.5, 0.6) is 17.2 Å². The minimum atomic E-state index is -0.946. The summed E-state index contributed by atoms with van der Waals surface area (Å²) >= 11 is 6.51. The highest BCUT2D eigenvalue weighted by Crippen LogP contribution is 2.38. The van der Waals surface area contributed by atoms with E-state index in [-0.39, 0.29) is 24.7 Å². The minimum Gasteiger partial charge on any atom is -0.508 e. The number of nitrogens with zero attached hydrogens (tertiary/aromatic N) is 1. The zero-order chi connectivity index (χ0) is 21.7. The van der Waals surface area contributed by atoms with Crippen molar-refractivity contribution in [2.75, 3.05) is 18.1 Å². The van der Waals surface area contributed by atoms with Gasteiger partial charge in [-0.15, -0.1) is 0 Å². The van der Waals surface area contributed by atoms with Crippen molar-refractivity contribution in [2.45, 2.75) is 13.3 Å². The number of ether oxygens (including phenoxy) is 2. The highest BCUT2D eigenvalue weighted by Gasteiger charge is 2.33. The third-order valence-electron chi connectivity index (χ3n) is 4.02. The fourth-order valence-electron chi connectivity index (χ4n) is 2.72. The van der Waals surface area contributed by atoms with Gasteiger partial charge in [-0.3, -0.25) is 14.5 Å². The lowest BCUT2D eigenvalue weighted by molar-refractivity contribution is -0.137. The van der Waals surface area contributed by atoms with E-state index >= 15 is 0 Å². The van der Waals surface area contributed by atoms with Gasteiger partial charge in [-0.2, -0.15) is 0 Å². The molecule has 1 amide bonds. The number of carboxylic acid groups (broad SMARTS) is 1. The number of benzene rings is 2. The Morgan fingerprint density at radius 3 is 2.70 bits per heavy atom. The molecule has 1 heterocycles. The maximum Gasteiger partial charge on any atom is 0.306 e. The van der Waals surface area contributed by atoms with Gasteiger partial charge in [0.15, 0.2) is 15.8 Å². The van der Waals surface area contributed by atoms with Crippen molar-refractivity contribution < 1.29 is 29.3 Å². The van der Waals surface area contributed by atoms with Crippen LogP contribution in [0.15, 0.2) is 47.4 Å². The van der Waals surface area contributed by atoms with Crippen LogP contribution >= 0.6 is 24.0 Å². The molecular weight excluding hydrogens is 426 g/mol. The minimum absolute atomic E-state index is 0.0251. The predicted octanol–water partition coefficient (Wildman–Crippen LogP) is 4.05. The first-order valence-electron chi connectivity index (χ1n) is 9.07. The molecule has 1 aliphatic rings. The van der Waals surface area contributed by atoms with E-state index in [1.165, 1.54) is 28.8 Å². The molecule has 1 aliphatic heterocycles. The average Bonchev–Trinajstić information content (AvgIpc) is 2.96. The van der Waals surface area contributed by atoms with E-state index in [2.05, 4.69) is 0 Å². The summed E-state index contributed by atoms with van der Waals surface area (Å²) in [5.74, 6) is -0.290. The van der Waals surface area contributed by atoms with Gasteiger partial charge in [0, 0.05) is 6.07 Å². The van der Waals surface area contributed by atoms with Crippen molar-refractivity contribution in [1.82, 2.24) is 0 Å². The van der Waals surface area contributed by atoms with E-state index in [1.807, 2.05) is 6.92 Å². The molecule has 2 aromatic rings. The molecule has 2 N–H and O–H groups in total. The van der Waals surface area contributed by atoms with Crippen LogP contribution in [0.1, 0.15) is 18.9 Å². The number of thiocarbonyl (C=S) groups is 1. The molecule has 9 heteroatoms. The van der Waals surface area contributed by atoms with Crippen molar-refractivity contribution in [3.8, 4) is 17.2 Å². The van der Waals surface area contributed by atoms with Gasteiger partial charge in [-0.05, 0) is 42.8 Å². The molecular formula is C21H19NO6S2. The molecule has 30 heavy (non-hydrogen) atoms. The Balaban J connectivity index is 1.83. The van der Waals surface area contributed by atoms with Crippen LogP contribution in [-0.4, -0.2) is 39.6 Å². The monoisotopic (exact) mass is 445 g/mol. The quantitative estimate of drug-likeness (QED) is 0.464. The Kier molecular flexibility index (Phi) is 6.96. The molecule has 1 fully saturated rings. The number of hydrogen-bond acceptors (Lipinski definition) is 7. The highest BCUT2D eigenvalue weighted by atomic mass is 32.2. The molecule has 0 aromatic heterocycles. The van der Waals surface area contributed by atoms with Gasteiger partial charge in [-0.25, -0.2) is 0 Å². The molecule has 0 saturated carbocycles. The van der Waals surface area contributed by atoms with Crippen LogP contribution in [0.4, 0.5) is 5.69 Å². The summed E-state index contributed by atoms with van der Waals surface area (Å²) in [7, 11) is 0.